The lowest BCUT2D eigenvalue weighted by atomic mass is 9.75. The first kappa shape index (κ1) is 18.3. The molecular weight excluding hydrogens is 355 g/mol. The lowest BCUT2D eigenvalue weighted by molar-refractivity contribution is 0.333. The van der Waals surface area contributed by atoms with Crippen LogP contribution in [0.25, 0.3) is 0 Å². The van der Waals surface area contributed by atoms with Crippen molar-refractivity contribution in [3.8, 4) is 0 Å². The molecule has 3 heteroatoms. The van der Waals surface area contributed by atoms with Crippen molar-refractivity contribution in [2.75, 3.05) is 11.8 Å². The fraction of sp³-hybridized carbons (Fsp3) is 0.647. The molecule has 0 aromatic heterocycles. The van der Waals surface area contributed by atoms with Gasteiger partial charge in [-0.25, -0.2) is 0 Å². The maximum Gasteiger partial charge on any atom is 0.0332 e. The van der Waals surface area contributed by atoms with E-state index in [0.717, 1.165) is 10.9 Å². The van der Waals surface area contributed by atoms with E-state index in [0.29, 0.717) is 17.7 Å². The molecule has 0 amide bonds. The Bertz CT molecular complexity index is 371. The summed E-state index contributed by atoms with van der Waals surface area (Å²) in [6.45, 7) is 4.52. The summed E-state index contributed by atoms with van der Waals surface area (Å²) in [5.74, 6) is 1.87. The quantitative estimate of drug-likeness (QED) is 0.415. The first-order chi connectivity index (χ1) is 9.61. The monoisotopic (exact) mass is 378 g/mol. The standard InChI is InChI=1S/C17H25BrCl2/c1-3-5-6-14(4-2)11-17(12-19,13-20)15-7-9-16(18)10-8-15/h7-10,14H,3-6,11-13H2,1-2H3. The third-order valence-electron chi connectivity index (χ3n) is 4.19. The molecule has 0 heterocycles. The van der Waals surface area contributed by atoms with Gasteiger partial charge < -0.3 is 0 Å². The SMILES string of the molecule is CCCCC(CC)CC(CCl)(CCl)c1ccc(Br)cc1. The summed E-state index contributed by atoms with van der Waals surface area (Å²) in [6.07, 6.45) is 6.10. The minimum absolute atomic E-state index is 0.0990. The predicted octanol–water partition coefficient (Wildman–Crippen LogP) is 6.77. The average Bonchev–Trinajstić information content (AvgIpc) is 2.49. The highest BCUT2D eigenvalue weighted by atomic mass is 79.9. The molecule has 0 fully saturated rings. The van der Waals surface area contributed by atoms with Crippen LogP contribution in [0.5, 0.6) is 0 Å². The largest absolute Gasteiger partial charge is 0.126 e. The molecule has 1 atom stereocenters. The molecule has 0 aliphatic carbocycles. The Labute approximate surface area is 142 Å². The second-order valence-electron chi connectivity index (χ2n) is 5.68. The van der Waals surface area contributed by atoms with Crippen LogP contribution in [0.3, 0.4) is 0 Å². The lowest BCUT2D eigenvalue weighted by Crippen LogP contribution is -2.33. The summed E-state index contributed by atoms with van der Waals surface area (Å²) in [5.41, 5.74) is 1.17. The predicted molar refractivity (Wildman–Crippen MR) is 95.2 cm³/mol. The Morgan fingerprint density at radius 3 is 2.15 bits per heavy atom. The van der Waals surface area contributed by atoms with E-state index in [1.165, 1.54) is 31.2 Å². The molecule has 1 aromatic rings. The smallest absolute Gasteiger partial charge is 0.0332 e. The minimum atomic E-state index is -0.0990. The number of rotatable bonds is 9. The second-order valence-corrected chi connectivity index (χ2v) is 7.13. The van der Waals surface area contributed by atoms with Crippen LogP contribution in [0.15, 0.2) is 28.7 Å². The van der Waals surface area contributed by atoms with E-state index in [4.69, 9.17) is 23.2 Å². The molecule has 1 rings (SSSR count). The van der Waals surface area contributed by atoms with E-state index in [2.05, 4.69) is 54.0 Å². The number of alkyl halides is 2. The normalized spacial score (nSPS) is 13.4. The molecule has 0 nitrogen and oxygen atoms in total. The zero-order chi connectivity index (χ0) is 15.0. The molecule has 1 aromatic carbocycles. The van der Waals surface area contributed by atoms with Crippen LogP contribution >= 0.6 is 39.1 Å². The van der Waals surface area contributed by atoms with Gasteiger partial charge in [0.15, 0.2) is 0 Å². The van der Waals surface area contributed by atoms with Gasteiger partial charge in [-0.15, -0.1) is 23.2 Å². The zero-order valence-electron chi connectivity index (χ0n) is 12.5. The minimum Gasteiger partial charge on any atom is -0.126 e. The fourth-order valence-corrected chi connectivity index (χ4v) is 3.79. The number of hydrogen-bond donors (Lipinski definition) is 0. The highest BCUT2D eigenvalue weighted by Crippen LogP contribution is 2.37. The second kappa shape index (κ2) is 9.33. The van der Waals surface area contributed by atoms with Gasteiger partial charge in [-0.05, 0) is 30.0 Å². The van der Waals surface area contributed by atoms with Crippen molar-refractivity contribution in [1.82, 2.24) is 0 Å². The number of unbranched alkanes of at least 4 members (excludes halogenated alkanes) is 1. The molecule has 0 saturated carbocycles. The third-order valence-corrected chi connectivity index (χ3v) is 5.74. The summed E-state index contributed by atoms with van der Waals surface area (Å²) >= 11 is 16.2. The lowest BCUT2D eigenvalue weighted by Gasteiger charge is -2.34. The van der Waals surface area contributed by atoms with Gasteiger partial charge in [0.2, 0.25) is 0 Å². The van der Waals surface area contributed by atoms with Gasteiger partial charge in [0.25, 0.3) is 0 Å². The molecule has 0 radical (unpaired) electrons. The molecule has 1 unspecified atom stereocenters. The number of benzene rings is 1. The first-order valence-electron chi connectivity index (χ1n) is 7.49. The van der Waals surface area contributed by atoms with Crippen molar-refractivity contribution in [2.45, 2.75) is 51.4 Å². The molecule has 20 heavy (non-hydrogen) atoms. The van der Waals surface area contributed by atoms with Crippen LogP contribution < -0.4 is 0 Å². The van der Waals surface area contributed by atoms with Crippen molar-refractivity contribution in [3.63, 3.8) is 0 Å². The van der Waals surface area contributed by atoms with E-state index in [1.54, 1.807) is 0 Å². The van der Waals surface area contributed by atoms with Gasteiger partial charge in [-0.2, -0.15) is 0 Å². The molecular formula is C17H25BrCl2. The van der Waals surface area contributed by atoms with Gasteiger partial charge in [-0.3, -0.25) is 0 Å². The topological polar surface area (TPSA) is 0 Å². The Hall–Kier alpha value is 0.280. The van der Waals surface area contributed by atoms with Crippen LogP contribution in [-0.2, 0) is 5.41 Å². The molecule has 114 valence electrons. The van der Waals surface area contributed by atoms with E-state index in [9.17, 15) is 0 Å². The van der Waals surface area contributed by atoms with Crippen molar-refractivity contribution < 1.29 is 0 Å². The zero-order valence-corrected chi connectivity index (χ0v) is 15.6. The van der Waals surface area contributed by atoms with Crippen molar-refractivity contribution >= 4 is 39.1 Å². The van der Waals surface area contributed by atoms with Gasteiger partial charge >= 0.3 is 0 Å². The van der Waals surface area contributed by atoms with Crippen LogP contribution in [0, 0.1) is 5.92 Å². The summed E-state index contributed by atoms with van der Waals surface area (Å²) in [5, 5.41) is 0. The number of halogens is 3. The van der Waals surface area contributed by atoms with Crippen LogP contribution in [-0.4, -0.2) is 11.8 Å². The van der Waals surface area contributed by atoms with E-state index in [-0.39, 0.29) is 5.41 Å². The van der Waals surface area contributed by atoms with Crippen LogP contribution in [0.1, 0.15) is 51.5 Å². The van der Waals surface area contributed by atoms with Gasteiger partial charge in [0, 0.05) is 21.6 Å². The molecule has 0 aliphatic heterocycles. The summed E-state index contributed by atoms with van der Waals surface area (Å²) in [6, 6.07) is 8.47. The maximum atomic E-state index is 6.34. The third kappa shape index (κ3) is 4.93. The Balaban J connectivity index is 2.92. The van der Waals surface area contributed by atoms with E-state index >= 15 is 0 Å². The molecule has 0 aliphatic rings. The average molecular weight is 380 g/mol. The summed E-state index contributed by atoms with van der Waals surface area (Å²) in [7, 11) is 0. The highest BCUT2D eigenvalue weighted by Gasteiger charge is 2.33. The molecule has 0 saturated heterocycles. The Morgan fingerprint density at radius 2 is 1.70 bits per heavy atom. The van der Waals surface area contributed by atoms with Gasteiger partial charge in [0.05, 0.1) is 0 Å². The van der Waals surface area contributed by atoms with Crippen molar-refractivity contribution in [1.29, 1.82) is 0 Å². The Morgan fingerprint density at radius 1 is 1.10 bits per heavy atom. The summed E-state index contributed by atoms with van der Waals surface area (Å²) in [4.78, 5) is 0. The van der Waals surface area contributed by atoms with E-state index in [1.807, 2.05) is 0 Å². The highest BCUT2D eigenvalue weighted by molar-refractivity contribution is 9.10. The van der Waals surface area contributed by atoms with Crippen molar-refractivity contribution in [3.05, 3.63) is 34.3 Å². The number of hydrogen-bond acceptors (Lipinski definition) is 0. The van der Waals surface area contributed by atoms with E-state index < -0.39 is 0 Å². The summed E-state index contributed by atoms with van der Waals surface area (Å²) < 4.78 is 1.09. The van der Waals surface area contributed by atoms with Crippen LogP contribution in [0.2, 0.25) is 0 Å². The molecule has 0 spiro atoms. The maximum absolute atomic E-state index is 6.34. The Kier molecular flexibility index (Phi) is 8.55. The van der Waals surface area contributed by atoms with Crippen molar-refractivity contribution in [2.24, 2.45) is 5.92 Å². The van der Waals surface area contributed by atoms with Gasteiger partial charge in [0.1, 0.15) is 0 Å². The molecule has 0 N–H and O–H groups in total. The fourth-order valence-electron chi connectivity index (χ4n) is 2.72. The van der Waals surface area contributed by atoms with Crippen LogP contribution in [0.4, 0.5) is 0 Å². The van der Waals surface area contributed by atoms with Gasteiger partial charge in [-0.1, -0.05) is 67.6 Å². The first-order valence-corrected chi connectivity index (χ1v) is 9.36. The molecule has 0 bridgehead atoms.